The number of nitrogens with one attached hydrogen (secondary N) is 1. The molecule has 1 N–H and O–H groups in total. The van der Waals surface area contributed by atoms with Crippen molar-refractivity contribution in [3.8, 4) is 5.75 Å². The van der Waals surface area contributed by atoms with Gasteiger partial charge in [0.25, 0.3) is 0 Å². The maximum absolute atomic E-state index is 13.1. The predicted molar refractivity (Wildman–Crippen MR) is 113 cm³/mol. The van der Waals surface area contributed by atoms with E-state index in [0.29, 0.717) is 37.6 Å². The van der Waals surface area contributed by atoms with Crippen LogP contribution in [0.25, 0.3) is 0 Å². The molecule has 0 saturated carbocycles. The lowest BCUT2D eigenvalue weighted by Crippen LogP contribution is -2.40. The summed E-state index contributed by atoms with van der Waals surface area (Å²) >= 11 is 1.59. The first-order valence-electron chi connectivity index (χ1n) is 9.13. The average Bonchev–Trinajstić information content (AvgIpc) is 2.74. The molecule has 0 bridgehead atoms. The molecule has 1 aliphatic rings. The SMILES string of the molecule is COc1ccc(CC(=O)Nc2cccc(SC)c2)cc1S(=O)(=O)N1CCOCC1. The van der Waals surface area contributed by atoms with Crippen molar-refractivity contribution in [2.75, 3.05) is 45.0 Å². The molecule has 1 fully saturated rings. The van der Waals surface area contributed by atoms with Crippen molar-refractivity contribution < 1.29 is 22.7 Å². The van der Waals surface area contributed by atoms with E-state index in [1.54, 1.807) is 23.9 Å². The van der Waals surface area contributed by atoms with Gasteiger partial charge in [-0.25, -0.2) is 8.42 Å². The summed E-state index contributed by atoms with van der Waals surface area (Å²) in [7, 11) is -2.31. The normalized spacial score (nSPS) is 15.1. The van der Waals surface area contributed by atoms with Gasteiger partial charge in [-0.3, -0.25) is 4.79 Å². The lowest BCUT2D eigenvalue weighted by Gasteiger charge is -2.26. The topological polar surface area (TPSA) is 84.9 Å². The maximum Gasteiger partial charge on any atom is 0.246 e. The van der Waals surface area contributed by atoms with Crippen LogP contribution in [0.15, 0.2) is 52.3 Å². The summed E-state index contributed by atoms with van der Waals surface area (Å²) in [5.41, 5.74) is 1.30. The molecule has 1 saturated heterocycles. The van der Waals surface area contributed by atoms with Gasteiger partial charge in [0.1, 0.15) is 10.6 Å². The lowest BCUT2D eigenvalue weighted by molar-refractivity contribution is -0.115. The number of carbonyl (C=O) groups excluding carboxylic acids is 1. The fraction of sp³-hybridized carbons (Fsp3) is 0.350. The van der Waals surface area contributed by atoms with Gasteiger partial charge in [-0.05, 0) is 42.2 Å². The third kappa shape index (κ3) is 5.30. The van der Waals surface area contributed by atoms with Crippen LogP contribution in [0.5, 0.6) is 5.75 Å². The average molecular weight is 437 g/mol. The molecule has 156 valence electrons. The molecule has 0 spiro atoms. The number of carbonyl (C=O) groups is 1. The Labute approximate surface area is 175 Å². The Hall–Kier alpha value is -2.07. The van der Waals surface area contributed by atoms with E-state index in [1.165, 1.54) is 17.5 Å². The van der Waals surface area contributed by atoms with Crippen LogP contribution in [0.3, 0.4) is 0 Å². The molecule has 2 aromatic carbocycles. The smallest absolute Gasteiger partial charge is 0.246 e. The highest BCUT2D eigenvalue weighted by atomic mass is 32.2. The minimum Gasteiger partial charge on any atom is -0.495 e. The van der Waals surface area contributed by atoms with E-state index >= 15 is 0 Å². The number of anilines is 1. The summed E-state index contributed by atoms with van der Waals surface area (Å²) in [5.74, 6) is 0.0384. The molecule has 0 atom stereocenters. The van der Waals surface area contributed by atoms with E-state index in [0.717, 1.165) is 4.90 Å². The van der Waals surface area contributed by atoms with Gasteiger partial charge in [-0.2, -0.15) is 4.31 Å². The van der Waals surface area contributed by atoms with Gasteiger partial charge in [0.15, 0.2) is 0 Å². The summed E-state index contributed by atoms with van der Waals surface area (Å²) in [6.07, 6.45) is 2.02. The van der Waals surface area contributed by atoms with Crippen LogP contribution in [0.2, 0.25) is 0 Å². The van der Waals surface area contributed by atoms with Crippen molar-refractivity contribution in [2.45, 2.75) is 16.2 Å². The zero-order chi connectivity index (χ0) is 20.9. The summed E-state index contributed by atoms with van der Waals surface area (Å²) in [6, 6.07) is 12.4. The van der Waals surface area contributed by atoms with E-state index in [1.807, 2.05) is 30.5 Å². The Bertz CT molecular complexity index is 973. The minimum absolute atomic E-state index is 0.0547. The molecule has 0 radical (unpaired) electrons. The van der Waals surface area contributed by atoms with Crippen LogP contribution in [0.1, 0.15) is 5.56 Å². The molecule has 1 amide bonds. The number of morpholine rings is 1. The molecule has 0 unspecified atom stereocenters. The van der Waals surface area contributed by atoms with Gasteiger partial charge < -0.3 is 14.8 Å². The van der Waals surface area contributed by atoms with Crippen molar-refractivity contribution in [2.24, 2.45) is 0 Å². The van der Waals surface area contributed by atoms with Crippen molar-refractivity contribution in [1.82, 2.24) is 4.31 Å². The van der Waals surface area contributed by atoms with Gasteiger partial charge in [-0.15, -0.1) is 11.8 Å². The van der Waals surface area contributed by atoms with Crippen LogP contribution in [0, 0.1) is 0 Å². The number of methoxy groups -OCH3 is 1. The van der Waals surface area contributed by atoms with Crippen molar-refractivity contribution in [1.29, 1.82) is 0 Å². The summed E-state index contributed by atoms with van der Waals surface area (Å²) in [6.45, 7) is 1.31. The Morgan fingerprint density at radius 3 is 2.66 bits per heavy atom. The minimum atomic E-state index is -3.74. The molecule has 9 heteroatoms. The first-order valence-corrected chi connectivity index (χ1v) is 11.8. The predicted octanol–water partition coefficient (Wildman–Crippen LogP) is 2.62. The number of hydrogen-bond donors (Lipinski definition) is 1. The van der Waals surface area contributed by atoms with Crippen LogP contribution >= 0.6 is 11.8 Å². The standard InChI is InChI=1S/C20H24N2O5S2/c1-26-18-7-6-15(12-19(18)29(24,25)22-8-10-27-11-9-22)13-20(23)21-16-4-3-5-17(14-16)28-2/h3-7,12,14H,8-11,13H2,1-2H3,(H,21,23). The van der Waals surface area contributed by atoms with Crippen molar-refractivity contribution in [3.05, 3.63) is 48.0 Å². The van der Waals surface area contributed by atoms with Crippen molar-refractivity contribution >= 4 is 33.4 Å². The van der Waals surface area contributed by atoms with Gasteiger partial charge in [0.2, 0.25) is 15.9 Å². The van der Waals surface area contributed by atoms with Crippen LogP contribution < -0.4 is 10.1 Å². The highest BCUT2D eigenvalue weighted by molar-refractivity contribution is 7.98. The molecule has 3 rings (SSSR count). The molecule has 1 aliphatic heterocycles. The summed E-state index contributed by atoms with van der Waals surface area (Å²) in [5, 5.41) is 2.86. The number of hydrogen-bond acceptors (Lipinski definition) is 6. The molecular formula is C20H24N2O5S2. The number of amides is 1. The number of nitrogens with zero attached hydrogens (tertiary/aromatic N) is 1. The molecule has 0 aliphatic carbocycles. The van der Waals surface area contributed by atoms with Gasteiger partial charge in [0.05, 0.1) is 26.7 Å². The number of rotatable bonds is 7. The second-order valence-electron chi connectivity index (χ2n) is 6.46. The molecule has 2 aromatic rings. The largest absolute Gasteiger partial charge is 0.495 e. The third-order valence-corrected chi connectivity index (χ3v) is 7.18. The first-order chi connectivity index (χ1) is 13.9. The van der Waals surface area contributed by atoms with E-state index in [-0.39, 0.29) is 23.0 Å². The zero-order valence-electron chi connectivity index (χ0n) is 16.4. The quantitative estimate of drug-likeness (QED) is 0.672. The molecule has 0 aromatic heterocycles. The second kappa shape index (κ2) is 9.62. The fourth-order valence-corrected chi connectivity index (χ4v) is 5.12. The Balaban J connectivity index is 1.79. The van der Waals surface area contributed by atoms with E-state index in [4.69, 9.17) is 9.47 Å². The first kappa shape index (κ1) is 21.6. The lowest BCUT2D eigenvalue weighted by atomic mass is 10.1. The van der Waals surface area contributed by atoms with Gasteiger partial charge in [0, 0.05) is 23.7 Å². The number of benzene rings is 2. The van der Waals surface area contributed by atoms with Crippen LogP contribution in [0.4, 0.5) is 5.69 Å². The highest BCUT2D eigenvalue weighted by Crippen LogP contribution is 2.29. The van der Waals surface area contributed by atoms with E-state index in [2.05, 4.69) is 5.32 Å². The Kier molecular flexibility index (Phi) is 7.18. The monoisotopic (exact) mass is 436 g/mol. The molecule has 7 nitrogen and oxygen atoms in total. The van der Waals surface area contributed by atoms with Crippen LogP contribution in [-0.2, 0) is 26.0 Å². The second-order valence-corrected chi connectivity index (χ2v) is 9.24. The van der Waals surface area contributed by atoms with Gasteiger partial charge >= 0.3 is 0 Å². The number of thioether (sulfide) groups is 1. The molecule has 1 heterocycles. The number of sulfonamides is 1. The summed E-state index contributed by atoms with van der Waals surface area (Å²) in [4.78, 5) is 13.6. The third-order valence-electron chi connectivity index (χ3n) is 4.53. The Morgan fingerprint density at radius 2 is 1.97 bits per heavy atom. The van der Waals surface area contributed by atoms with E-state index < -0.39 is 10.0 Å². The Morgan fingerprint density at radius 1 is 1.21 bits per heavy atom. The highest BCUT2D eigenvalue weighted by Gasteiger charge is 2.29. The zero-order valence-corrected chi connectivity index (χ0v) is 18.0. The van der Waals surface area contributed by atoms with E-state index in [9.17, 15) is 13.2 Å². The number of ether oxygens (including phenoxy) is 2. The maximum atomic E-state index is 13.1. The molecular weight excluding hydrogens is 412 g/mol. The molecule has 29 heavy (non-hydrogen) atoms. The van der Waals surface area contributed by atoms with Gasteiger partial charge in [-0.1, -0.05) is 12.1 Å². The van der Waals surface area contributed by atoms with Crippen molar-refractivity contribution in [3.63, 3.8) is 0 Å². The van der Waals surface area contributed by atoms with Crippen LogP contribution in [-0.4, -0.2) is 58.3 Å². The fourth-order valence-electron chi connectivity index (χ4n) is 3.05. The summed E-state index contributed by atoms with van der Waals surface area (Å²) < 4.78 is 38.0.